The summed E-state index contributed by atoms with van der Waals surface area (Å²) in [5, 5.41) is 3.09. The van der Waals surface area contributed by atoms with E-state index in [2.05, 4.69) is 25.3 Å². The Labute approximate surface area is 234 Å². The number of nitrogens with one attached hydrogen (secondary N) is 1. The lowest BCUT2D eigenvalue weighted by Crippen LogP contribution is -2.28. The fourth-order valence-corrected chi connectivity index (χ4v) is 5.67. The molecule has 0 bridgehead atoms. The van der Waals surface area contributed by atoms with Crippen molar-refractivity contribution in [2.45, 2.75) is 82.2 Å². The molecule has 11 nitrogen and oxygen atoms in total. The first-order chi connectivity index (χ1) is 19.3. The third-order valence-electron chi connectivity index (χ3n) is 7.69. The minimum absolute atomic E-state index is 0. The number of hydrogen-bond donors (Lipinski definition) is 1. The summed E-state index contributed by atoms with van der Waals surface area (Å²) in [7, 11) is -3.33. The minimum Gasteiger partial charge on any atom is -0.360 e. The number of aromatic nitrogens is 7. The Morgan fingerprint density at radius 1 is 1.00 bits per heavy atom. The molecule has 210 valence electrons. The van der Waals surface area contributed by atoms with Crippen molar-refractivity contribution in [2.24, 2.45) is 0 Å². The Hall–Kier alpha value is -3.80. The lowest BCUT2D eigenvalue weighted by molar-refractivity contribution is 0.526. The second-order valence-electron chi connectivity index (χ2n) is 10.6. The summed E-state index contributed by atoms with van der Waals surface area (Å²) in [6.45, 7) is 5.81. The van der Waals surface area contributed by atoms with Gasteiger partial charge in [0.05, 0.1) is 46.0 Å². The number of pyridine rings is 1. The molecule has 1 N–H and O–H groups in total. The van der Waals surface area contributed by atoms with E-state index in [4.69, 9.17) is 9.97 Å². The van der Waals surface area contributed by atoms with Gasteiger partial charge < -0.3 is 5.32 Å². The van der Waals surface area contributed by atoms with Gasteiger partial charge in [0, 0.05) is 25.5 Å². The van der Waals surface area contributed by atoms with Crippen LogP contribution in [0.25, 0.3) is 22.6 Å². The molecular weight excluding hydrogens is 528 g/mol. The number of rotatable bonds is 10. The average molecular weight is 563 g/mol. The zero-order valence-electron chi connectivity index (χ0n) is 22.8. The van der Waals surface area contributed by atoms with Crippen LogP contribution in [0.2, 0.25) is 0 Å². The van der Waals surface area contributed by atoms with Gasteiger partial charge in [0.15, 0.2) is 27.1 Å². The van der Waals surface area contributed by atoms with Gasteiger partial charge >= 0.3 is 0 Å². The van der Waals surface area contributed by atoms with Gasteiger partial charge in [-0.1, -0.05) is 13.8 Å². The van der Waals surface area contributed by atoms with Crippen LogP contribution in [-0.4, -0.2) is 48.6 Å². The zero-order valence-corrected chi connectivity index (χ0v) is 23.6. The van der Waals surface area contributed by atoms with Crippen molar-refractivity contribution < 1.29 is 9.84 Å². The van der Waals surface area contributed by atoms with Crippen LogP contribution in [0.15, 0.2) is 40.5 Å². The molecule has 12 heteroatoms. The van der Waals surface area contributed by atoms with Gasteiger partial charge in [-0.3, -0.25) is 14.3 Å². The van der Waals surface area contributed by atoms with Gasteiger partial charge in [0.2, 0.25) is 0 Å². The Morgan fingerprint density at radius 2 is 1.70 bits per heavy atom. The second kappa shape index (κ2) is 10.3. The summed E-state index contributed by atoms with van der Waals surface area (Å²) < 4.78 is 25.9. The molecule has 0 spiro atoms. The molecule has 2 fully saturated rings. The van der Waals surface area contributed by atoms with Crippen molar-refractivity contribution in [1.82, 2.24) is 34.5 Å². The Balaban J connectivity index is 0.00000337. The van der Waals surface area contributed by atoms with E-state index in [1.807, 2.05) is 13.8 Å². The van der Waals surface area contributed by atoms with Crippen molar-refractivity contribution in [1.29, 1.82) is 0 Å². The molecule has 6 rings (SSSR count). The van der Waals surface area contributed by atoms with E-state index in [1.165, 1.54) is 12.3 Å². The van der Waals surface area contributed by atoms with Crippen molar-refractivity contribution in [3.05, 3.63) is 58.3 Å². The highest BCUT2D eigenvalue weighted by Crippen LogP contribution is 2.48. The molecular formula is C28H34N8O3S. The maximum Gasteiger partial charge on any atom is 0.295 e. The van der Waals surface area contributed by atoms with Crippen molar-refractivity contribution in [3.63, 3.8) is 0 Å². The molecule has 0 saturated heterocycles. The zero-order chi connectivity index (χ0) is 28.0. The third kappa shape index (κ3) is 4.96. The predicted octanol–water partition coefficient (Wildman–Crippen LogP) is 4.42. The van der Waals surface area contributed by atoms with Crippen LogP contribution in [0.5, 0.6) is 0 Å². The monoisotopic (exact) mass is 562 g/mol. The highest BCUT2D eigenvalue weighted by Gasteiger charge is 2.35. The molecule has 0 unspecified atom stereocenters. The van der Waals surface area contributed by atoms with E-state index < -0.39 is 9.84 Å². The van der Waals surface area contributed by atoms with Crippen molar-refractivity contribution >= 4 is 26.8 Å². The first kappa shape index (κ1) is 26.4. The molecule has 0 aliphatic heterocycles. The first-order valence-corrected chi connectivity index (χ1v) is 15.5. The lowest BCUT2D eigenvalue weighted by Gasteiger charge is -2.18. The van der Waals surface area contributed by atoms with Crippen LogP contribution in [0.1, 0.15) is 89.3 Å². The second-order valence-corrected chi connectivity index (χ2v) is 12.9. The first-order valence-electron chi connectivity index (χ1n) is 13.9. The Morgan fingerprint density at radius 3 is 2.27 bits per heavy atom. The quantitative estimate of drug-likeness (QED) is 0.295. The summed E-state index contributed by atoms with van der Waals surface area (Å²) >= 11 is 0. The van der Waals surface area contributed by atoms with Gasteiger partial charge in [0.1, 0.15) is 11.8 Å². The third-order valence-corrected chi connectivity index (χ3v) is 9.41. The smallest absolute Gasteiger partial charge is 0.295 e. The summed E-state index contributed by atoms with van der Waals surface area (Å²) in [6, 6.07) is 3.04. The number of anilines is 1. The van der Waals surface area contributed by atoms with Crippen LogP contribution in [-0.2, 0) is 16.4 Å². The van der Waals surface area contributed by atoms with E-state index in [1.54, 1.807) is 30.1 Å². The molecule has 2 aliphatic rings. The van der Waals surface area contributed by atoms with E-state index in [9.17, 15) is 13.2 Å². The molecule has 4 aromatic rings. The van der Waals surface area contributed by atoms with Crippen molar-refractivity contribution in [2.75, 3.05) is 11.1 Å². The van der Waals surface area contributed by atoms with Crippen LogP contribution in [0.3, 0.4) is 0 Å². The standard InChI is InChI=1S/C28H32N8O3S.H2/c1-4-16(3)36-27-21(34-26(28(36)37)30-12-19-10-11-20(13-29-19)40(38,39)5-2)14-31-25(35-27)22-23(17-6-7-17)32-15-33-24(22)18-8-9-18;/h10-11,13-18H,4-9,12H2,1-3H3,(H,30,34);1H/t16-;/m0./s1. The maximum atomic E-state index is 13.7. The van der Waals surface area contributed by atoms with Gasteiger partial charge in [0.25, 0.3) is 5.56 Å². The van der Waals surface area contributed by atoms with Gasteiger partial charge in [-0.2, -0.15) is 0 Å². The SMILES string of the molecule is CC[C@H](C)n1c(=O)c(NCc2ccc(S(=O)(=O)CC)cn2)nc2cnc(-c3c(C4CC4)ncnc3C3CC3)nc21.[HH]. The molecule has 40 heavy (non-hydrogen) atoms. The van der Waals surface area contributed by atoms with Crippen LogP contribution in [0.4, 0.5) is 5.82 Å². The number of nitrogens with zero attached hydrogens (tertiary/aromatic N) is 7. The normalized spacial score (nSPS) is 16.3. The summed E-state index contributed by atoms with van der Waals surface area (Å²) in [5.74, 6) is 1.52. The highest BCUT2D eigenvalue weighted by atomic mass is 32.2. The minimum atomic E-state index is -3.33. The van der Waals surface area contributed by atoms with E-state index in [0.29, 0.717) is 34.5 Å². The van der Waals surface area contributed by atoms with Crippen LogP contribution in [0, 0.1) is 0 Å². The molecule has 2 saturated carbocycles. The van der Waals surface area contributed by atoms with Gasteiger partial charge in [-0.05, 0) is 51.2 Å². The number of sulfone groups is 1. The maximum absolute atomic E-state index is 13.7. The summed E-state index contributed by atoms with van der Waals surface area (Å²) in [6.07, 6.45) is 9.79. The molecule has 4 heterocycles. The van der Waals surface area contributed by atoms with E-state index >= 15 is 0 Å². The topological polar surface area (TPSA) is 146 Å². The van der Waals surface area contributed by atoms with Crippen LogP contribution < -0.4 is 10.9 Å². The Kier molecular flexibility index (Phi) is 6.81. The molecule has 0 aromatic carbocycles. The fraction of sp³-hybridized carbons (Fsp3) is 0.464. The van der Waals surface area contributed by atoms with Gasteiger partial charge in [-0.15, -0.1) is 0 Å². The lowest BCUT2D eigenvalue weighted by atomic mass is 10.0. The number of fused-ring (bicyclic) bond motifs is 1. The molecule has 2 aliphatic carbocycles. The summed E-state index contributed by atoms with van der Waals surface area (Å²) in [4.78, 5) is 41.6. The van der Waals surface area contributed by atoms with E-state index in [-0.39, 0.29) is 36.0 Å². The fourth-order valence-electron chi connectivity index (χ4n) is 4.84. The highest BCUT2D eigenvalue weighted by molar-refractivity contribution is 7.91. The molecule has 0 radical (unpaired) electrons. The van der Waals surface area contributed by atoms with Crippen molar-refractivity contribution in [3.8, 4) is 11.4 Å². The largest absolute Gasteiger partial charge is 0.360 e. The molecule has 1 atom stereocenters. The Bertz CT molecular complexity index is 1720. The average Bonchev–Trinajstić information content (AvgIpc) is 3.89. The number of hydrogen-bond acceptors (Lipinski definition) is 10. The van der Waals surface area contributed by atoms with Crippen LogP contribution >= 0.6 is 0 Å². The predicted molar refractivity (Wildman–Crippen MR) is 153 cm³/mol. The summed E-state index contributed by atoms with van der Waals surface area (Å²) in [5.41, 5.74) is 4.21. The van der Waals surface area contributed by atoms with Gasteiger partial charge in [-0.25, -0.2) is 33.3 Å². The molecule has 0 amide bonds. The molecule has 4 aromatic heterocycles. The van der Waals surface area contributed by atoms with E-state index in [0.717, 1.165) is 49.1 Å².